The second kappa shape index (κ2) is 8.64. The second-order valence-corrected chi connectivity index (χ2v) is 10.2. The zero-order valence-electron chi connectivity index (χ0n) is 19.6. The van der Waals surface area contributed by atoms with Crippen molar-refractivity contribution in [2.24, 2.45) is 5.41 Å². The number of hydrogen-bond acceptors (Lipinski definition) is 6. The Balaban J connectivity index is 1.71. The molecule has 0 bridgehead atoms. The third-order valence-electron chi connectivity index (χ3n) is 6.84. The number of ether oxygens (including phenoxy) is 1. The lowest BCUT2D eigenvalue weighted by atomic mass is 9.79. The Morgan fingerprint density at radius 1 is 1.11 bits per heavy atom. The van der Waals surface area contributed by atoms with Crippen molar-refractivity contribution < 1.29 is 23.9 Å². The van der Waals surface area contributed by atoms with Gasteiger partial charge in [-0.1, -0.05) is 42.3 Å². The first-order valence-corrected chi connectivity index (χ1v) is 12.3. The van der Waals surface area contributed by atoms with E-state index in [0.717, 1.165) is 0 Å². The van der Waals surface area contributed by atoms with Crippen molar-refractivity contribution in [3.05, 3.63) is 69.3 Å². The van der Waals surface area contributed by atoms with E-state index < -0.39 is 28.7 Å². The maximum Gasteiger partial charge on any atom is 0.325 e. The molecule has 1 fully saturated rings. The number of Topliss-reactive ketones (excluding diaryl/α,β-unsaturated/α-hetero) is 1. The summed E-state index contributed by atoms with van der Waals surface area (Å²) in [7, 11) is 0. The predicted molar refractivity (Wildman–Crippen MR) is 134 cm³/mol. The number of halogens is 2. The van der Waals surface area contributed by atoms with Gasteiger partial charge in [-0.3, -0.25) is 24.1 Å². The van der Waals surface area contributed by atoms with Gasteiger partial charge in [0.25, 0.3) is 11.8 Å². The summed E-state index contributed by atoms with van der Waals surface area (Å²) in [5.74, 6) is -2.12. The van der Waals surface area contributed by atoms with Crippen LogP contribution in [0.3, 0.4) is 0 Å². The van der Waals surface area contributed by atoms with Crippen molar-refractivity contribution >= 4 is 58.1 Å². The number of ketones is 1. The van der Waals surface area contributed by atoms with Gasteiger partial charge >= 0.3 is 5.97 Å². The topological polar surface area (TPSA) is 105 Å². The smallest absolute Gasteiger partial charge is 0.325 e. The highest BCUT2D eigenvalue weighted by Gasteiger charge is 2.64. The largest absolute Gasteiger partial charge is 0.465 e. The lowest BCUT2D eigenvalue weighted by molar-refractivity contribution is -0.141. The van der Waals surface area contributed by atoms with Crippen molar-refractivity contribution in [2.45, 2.75) is 32.2 Å². The minimum atomic E-state index is -1.79. The molecule has 8 nitrogen and oxygen atoms in total. The molecule has 1 aliphatic carbocycles. The fourth-order valence-corrected chi connectivity index (χ4v) is 5.12. The molecular formula is C26H23Cl2N3O5. The molecule has 36 heavy (non-hydrogen) atoms. The summed E-state index contributed by atoms with van der Waals surface area (Å²) in [5.41, 5.74) is -1.32. The number of nitrogens with zero attached hydrogens (tertiary/aromatic N) is 1. The molecule has 2 amide bonds. The van der Waals surface area contributed by atoms with Crippen LogP contribution in [0.2, 0.25) is 10.0 Å². The van der Waals surface area contributed by atoms with Crippen LogP contribution in [-0.2, 0) is 29.5 Å². The lowest BCUT2D eigenvalue weighted by Crippen LogP contribution is -2.51. The summed E-state index contributed by atoms with van der Waals surface area (Å²) in [4.78, 5) is 55.0. The van der Waals surface area contributed by atoms with Crippen LogP contribution in [0.15, 0.2) is 53.7 Å². The van der Waals surface area contributed by atoms with Crippen LogP contribution in [0, 0.1) is 5.41 Å². The monoisotopic (exact) mass is 527 g/mol. The first-order chi connectivity index (χ1) is 17.1. The first-order valence-electron chi connectivity index (χ1n) is 11.5. The first kappa shape index (κ1) is 24.3. The van der Waals surface area contributed by atoms with E-state index in [2.05, 4.69) is 10.6 Å². The van der Waals surface area contributed by atoms with Gasteiger partial charge in [-0.15, -0.1) is 0 Å². The van der Waals surface area contributed by atoms with E-state index in [-0.39, 0.29) is 30.2 Å². The number of hydrogen-bond donors (Lipinski definition) is 2. The van der Waals surface area contributed by atoms with E-state index in [9.17, 15) is 19.2 Å². The molecule has 1 saturated carbocycles. The minimum absolute atomic E-state index is 0.00472. The Morgan fingerprint density at radius 3 is 2.50 bits per heavy atom. The molecule has 10 heteroatoms. The predicted octanol–water partition coefficient (Wildman–Crippen LogP) is 3.77. The number of amides is 2. The summed E-state index contributed by atoms with van der Waals surface area (Å²) in [6, 6.07) is 11.6. The van der Waals surface area contributed by atoms with E-state index in [1.54, 1.807) is 56.3 Å². The summed E-state index contributed by atoms with van der Waals surface area (Å²) in [6.07, 6.45) is 1.26. The third-order valence-corrected chi connectivity index (χ3v) is 7.31. The molecule has 2 aromatic rings. The highest BCUT2D eigenvalue weighted by molar-refractivity contribution is 6.33. The van der Waals surface area contributed by atoms with Gasteiger partial charge in [0.1, 0.15) is 12.2 Å². The van der Waals surface area contributed by atoms with Crippen molar-refractivity contribution in [2.75, 3.05) is 18.1 Å². The molecule has 186 valence electrons. The van der Waals surface area contributed by atoms with Gasteiger partial charge in [0.2, 0.25) is 0 Å². The lowest BCUT2D eigenvalue weighted by Gasteiger charge is -2.28. The van der Waals surface area contributed by atoms with Gasteiger partial charge in [-0.25, -0.2) is 0 Å². The fraction of sp³-hybridized carbons (Fsp3) is 0.308. The molecule has 1 spiro atoms. The number of anilines is 2. The Bertz CT molecular complexity index is 1370. The van der Waals surface area contributed by atoms with Crippen LogP contribution in [0.5, 0.6) is 0 Å². The van der Waals surface area contributed by atoms with Crippen LogP contribution in [-0.4, -0.2) is 36.7 Å². The van der Waals surface area contributed by atoms with Gasteiger partial charge in [0.05, 0.1) is 23.6 Å². The maximum absolute atomic E-state index is 14.3. The molecular weight excluding hydrogens is 505 g/mol. The van der Waals surface area contributed by atoms with Crippen LogP contribution in [0.4, 0.5) is 11.4 Å². The molecule has 3 aliphatic rings. The zero-order chi connectivity index (χ0) is 25.8. The summed E-state index contributed by atoms with van der Waals surface area (Å²) >= 11 is 12.5. The van der Waals surface area contributed by atoms with Gasteiger partial charge in [-0.05, 0) is 50.1 Å². The van der Waals surface area contributed by atoms with Crippen molar-refractivity contribution in [3.63, 3.8) is 0 Å². The normalized spacial score (nSPS) is 21.5. The van der Waals surface area contributed by atoms with Crippen molar-refractivity contribution in [3.8, 4) is 0 Å². The van der Waals surface area contributed by atoms with Crippen molar-refractivity contribution in [1.82, 2.24) is 10.6 Å². The Kier molecular flexibility index (Phi) is 5.84. The minimum Gasteiger partial charge on any atom is -0.465 e. The highest BCUT2D eigenvalue weighted by Crippen LogP contribution is 2.56. The number of carbonyl (C=O) groups excluding carboxylic acids is 4. The molecule has 5 rings (SSSR count). The van der Waals surface area contributed by atoms with Crippen molar-refractivity contribution in [1.29, 1.82) is 0 Å². The molecule has 2 aliphatic heterocycles. The standard InChI is InChI=1S/C26H23Cl2N3O5/c1-3-36-19(32)13-29-21-20(22(33)25(2)9-10-25)26(30-23(21)34)17-8-7-15(28)12-18(17)31(24(26)35)16-6-4-5-14(27)11-16/h4-8,11-12,29H,3,9-10,13H2,1-2H3,(H,30,34). The van der Waals surface area contributed by atoms with Crippen LogP contribution >= 0.6 is 23.2 Å². The number of rotatable bonds is 7. The Labute approximate surface area is 217 Å². The molecule has 0 saturated heterocycles. The van der Waals surface area contributed by atoms with Crippen LogP contribution in [0.1, 0.15) is 32.3 Å². The number of carbonyl (C=O) groups is 4. The highest BCUT2D eigenvalue weighted by atomic mass is 35.5. The number of esters is 1. The molecule has 1 atom stereocenters. The summed E-state index contributed by atoms with van der Waals surface area (Å²) in [5, 5.41) is 6.36. The number of fused-ring (bicyclic) bond motifs is 2. The van der Waals surface area contributed by atoms with E-state index in [0.29, 0.717) is 39.8 Å². The van der Waals surface area contributed by atoms with Crippen LogP contribution in [0.25, 0.3) is 0 Å². The van der Waals surface area contributed by atoms with E-state index >= 15 is 0 Å². The Morgan fingerprint density at radius 2 is 1.83 bits per heavy atom. The number of benzene rings is 2. The fourth-order valence-electron chi connectivity index (χ4n) is 4.77. The summed E-state index contributed by atoms with van der Waals surface area (Å²) < 4.78 is 4.96. The van der Waals surface area contributed by atoms with E-state index in [1.807, 2.05) is 0 Å². The van der Waals surface area contributed by atoms with Gasteiger partial charge in [0.15, 0.2) is 11.3 Å². The van der Waals surface area contributed by atoms with E-state index in [4.69, 9.17) is 27.9 Å². The molecule has 0 radical (unpaired) electrons. The zero-order valence-corrected chi connectivity index (χ0v) is 21.1. The second-order valence-electron chi connectivity index (χ2n) is 9.28. The average Bonchev–Trinajstić information content (AvgIpc) is 3.45. The summed E-state index contributed by atoms with van der Waals surface area (Å²) in [6.45, 7) is 3.31. The number of nitrogens with one attached hydrogen (secondary N) is 2. The van der Waals surface area contributed by atoms with Crippen LogP contribution < -0.4 is 15.5 Å². The molecule has 2 aromatic carbocycles. The third kappa shape index (κ3) is 3.67. The maximum atomic E-state index is 14.3. The van der Waals surface area contributed by atoms with Gasteiger partial charge in [-0.2, -0.15) is 0 Å². The molecule has 2 heterocycles. The molecule has 1 unspecified atom stereocenters. The quantitative estimate of drug-likeness (QED) is 0.531. The average molecular weight is 528 g/mol. The van der Waals surface area contributed by atoms with E-state index in [1.165, 1.54) is 4.90 Å². The SMILES string of the molecule is CCOC(=O)CNC1=C(C(=O)C2(C)CC2)C2(NC1=O)C(=O)N(c1cccc(Cl)c1)c1cc(Cl)ccc12. The molecule has 0 aromatic heterocycles. The van der Waals surface area contributed by atoms with Gasteiger partial charge < -0.3 is 15.4 Å². The molecule has 2 N–H and O–H groups in total. The Hall–Kier alpha value is -3.36. The van der Waals surface area contributed by atoms with Gasteiger partial charge in [0, 0.05) is 21.0 Å².